The lowest BCUT2D eigenvalue weighted by molar-refractivity contribution is 0.215. The zero-order chi connectivity index (χ0) is 14.3. The predicted octanol–water partition coefficient (Wildman–Crippen LogP) is -0.640. The Morgan fingerprint density at radius 3 is 0.765 bits per heavy atom. The van der Waals surface area contributed by atoms with Gasteiger partial charge in [-0.1, -0.05) is 0 Å². The van der Waals surface area contributed by atoms with Crippen molar-refractivity contribution in [3.63, 3.8) is 0 Å². The Labute approximate surface area is 104 Å². The number of hydrogen-bond acceptors (Lipinski definition) is 4. The number of aliphatic hydroxyl groups excluding tert-OH is 3. The Balaban J connectivity index is -0.0000000369. The van der Waals surface area contributed by atoms with Crippen LogP contribution in [0.2, 0.25) is 0 Å². The summed E-state index contributed by atoms with van der Waals surface area (Å²) >= 11 is 0. The van der Waals surface area contributed by atoms with Gasteiger partial charge in [0.2, 0.25) is 0 Å². The highest BCUT2D eigenvalue weighted by molar-refractivity contribution is 5.69. The first-order chi connectivity index (χ1) is 6.93. The number of amides is 2. The van der Waals surface area contributed by atoms with Gasteiger partial charge < -0.3 is 32.3 Å². The third kappa shape index (κ3) is 3280. The van der Waals surface area contributed by atoms with Crippen LogP contribution >= 0.6 is 0 Å². The Morgan fingerprint density at radius 2 is 0.765 bits per heavy atom. The van der Waals surface area contributed by atoms with Gasteiger partial charge in [0, 0.05) is 18.3 Å². The number of rotatable bonds is 0. The molecule has 0 aromatic carbocycles. The SMILES string of the molecule is CC(C)O.CC(C)O.CC(C)O.NC(N)=O.O. The maximum Gasteiger partial charge on any atom is 0.309 e. The van der Waals surface area contributed by atoms with Crippen molar-refractivity contribution >= 4 is 6.03 Å². The van der Waals surface area contributed by atoms with Crippen molar-refractivity contribution < 1.29 is 25.6 Å². The van der Waals surface area contributed by atoms with E-state index in [1.807, 2.05) is 0 Å². The number of carbonyl (C=O) groups excluding carboxylic acids is 1. The van der Waals surface area contributed by atoms with E-state index in [1.165, 1.54) is 0 Å². The quantitative estimate of drug-likeness (QED) is 0.391. The second-order valence-electron chi connectivity index (χ2n) is 3.68. The molecule has 0 aliphatic rings. The molecule has 0 aromatic heterocycles. The Bertz CT molecular complexity index is 103. The van der Waals surface area contributed by atoms with Crippen molar-refractivity contribution in [2.75, 3.05) is 0 Å². The monoisotopic (exact) mass is 258 g/mol. The lowest BCUT2D eigenvalue weighted by Crippen LogP contribution is -2.18. The Morgan fingerprint density at radius 1 is 0.765 bits per heavy atom. The van der Waals surface area contributed by atoms with E-state index in [4.69, 9.17) is 20.1 Å². The molecule has 0 rings (SSSR count). The third-order valence-electron chi connectivity index (χ3n) is 0. The van der Waals surface area contributed by atoms with E-state index in [1.54, 1.807) is 41.5 Å². The predicted molar refractivity (Wildman–Crippen MR) is 69.4 cm³/mol. The summed E-state index contributed by atoms with van der Waals surface area (Å²) in [5.74, 6) is 0. The molecule has 0 aromatic rings. The molecule has 0 heterocycles. The van der Waals surface area contributed by atoms with Gasteiger partial charge in [-0.3, -0.25) is 0 Å². The van der Waals surface area contributed by atoms with Gasteiger partial charge in [0.15, 0.2) is 0 Å². The summed E-state index contributed by atoms with van der Waals surface area (Å²) in [7, 11) is 0. The normalized spacial score (nSPS) is 7.76. The summed E-state index contributed by atoms with van der Waals surface area (Å²) in [6.45, 7) is 10.3. The minimum Gasteiger partial charge on any atom is -0.412 e. The van der Waals surface area contributed by atoms with Crippen LogP contribution in [0.15, 0.2) is 0 Å². The highest BCUT2D eigenvalue weighted by atomic mass is 16.3. The summed E-state index contributed by atoms with van der Waals surface area (Å²) < 4.78 is 0. The van der Waals surface area contributed by atoms with Crippen LogP contribution in [0, 0.1) is 0 Å². The Hall–Kier alpha value is -0.890. The van der Waals surface area contributed by atoms with Crippen LogP contribution in [0.1, 0.15) is 41.5 Å². The Kier molecular flexibility index (Phi) is 42.7. The molecule has 0 aliphatic carbocycles. The molecule has 0 bridgehead atoms. The lowest BCUT2D eigenvalue weighted by atomic mass is 10.5. The molecule has 0 unspecified atom stereocenters. The zero-order valence-electron chi connectivity index (χ0n) is 11.6. The molecule has 2 amide bonds. The van der Waals surface area contributed by atoms with E-state index in [2.05, 4.69) is 11.5 Å². The van der Waals surface area contributed by atoms with Crippen molar-refractivity contribution in [2.24, 2.45) is 11.5 Å². The summed E-state index contributed by atoms with van der Waals surface area (Å²) in [4.78, 5) is 9.00. The maximum absolute atomic E-state index is 9.00. The molecule has 110 valence electrons. The van der Waals surface area contributed by atoms with Crippen molar-refractivity contribution in [3.8, 4) is 0 Å². The summed E-state index contributed by atoms with van der Waals surface area (Å²) in [6, 6.07) is -0.833. The van der Waals surface area contributed by atoms with Crippen LogP contribution in [0.3, 0.4) is 0 Å². The fraction of sp³-hybridized carbons (Fsp3) is 0.900. The number of nitrogens with two attached hydrogens (primary N) is 2. The smallest absolute Gasteiger partial charge is 0.309 e. The van der Waals surface area contributed by atoms with Crippen molar-refractivity contribution in [3.05, 3.63) is 0 Å². The largest absolute Gasteiger partial charge is 0.412 e. The minimum atomic E-state index is -0.833. The van der Waals surface area contributed by atoms with Crippen molar-refractivity contribution in [1.82, 2.24) is 0 Å². The van der Waals surface area contributed by atoms with Crippen LogP contribution in [0.4, 0.5) is 4.79 Å². The molecule has 0 saturated carbocycles. The van der Waals surface area contributed by atoms with E-state index in [9.17, 15) is 0 Å². The van der Waals surface area contributed by atoms with Gasteiger partial charge in [-0.25, -0.2) is 4.79 Å². The molecular formula is C10H30N2O5. The molecule has 0 atom stereocenters. The molecule has 0 fully saturated rings. The zero-order valence-corrected chi connectivity index (χ0v) is 11.6. The molecule has 7 heteroatoms. The summed E-state index contributed by atoms with van der Waals surface area (Å²) in [5.41, 5.74) is 8.50. The van der Waals surface area contributed by atoms with Crippen LogP contribution in [-0.2, 0) is 0 Å². The fourth-order valence-corrected chi connectivity index (χ4v) is 0. The average molecular weight is 258 g/mol. The van der Waals surface area contributed by atoms with E-state index < -0.39 is 6.03 Å². The lowest BCUT2D eigenvalue weighted by Gasteiger charge is -1.80. The van der Waals surface area contributed by atoms with Gasteiger partial charge in [-0.15, -0.1) is 0 Å². The van der Waals surface area contributed by atoms with Gasteiger partial charge >= 0.3 is 6.03 Å². The van der Waals surface area contributed by atoms with Gasteiger partial charge in [0.05, 0.1) is 0 Å². The molecule has 0 aliphatic heterocycles. The number of carbonyl (C=O) groups is 1. The topological polar surface area (TPSA) is 161 Å². The van der Waals surface area contributed by atoms with Gasteiger partial charge in [0.1, 0.15) is 0 Å². The van der Waals surface area contributed by atoms with Crippen LogP contribution < -0.4 is 11.5 Å². The van der Waals surface area contributed by atoms with Crippen LogP contribution in [0.25, 0.3) is 0 Å². The number of hydrogen-bond donors (Lipinski definition) is 5. The van der Waals surface area contributed by atoms with Crippen LogP contribution in [0.5, 0.6) is 0 Å². The average Bonchev–Trinajstić information content (AvgIpc) is 1.76. The first kappa shape index (κ1) is 29.8. The highest BCUT2D eigenvalue weighted by Gasteiger charge is 1.70. The first-order valence-corrected chi connectivity index (χ1v) is 5.02. The summed E-state index contributed by atoms with van der Waals surface area (Å²) in [6.07, 6.45) is -0.500. The minimum absolute atomic E-state index is 0. The molecular weight excluding hydrogens is 228 g/mol. The number of aliphatic hydroxyl groups is 3. The second-order valence-corrected chi connectivity index (χ2v) is 3.68. The first-order valence-electron chi connectivity index (χ1n) is 5.02. The molecule has 0 spiro atoms. The maximum atomic E-state index is 9.00. The second kappa shape index (κ2) is 24.4. The third-order valence-corrected chi connectivity index (χ3v) is 0. The van der Waals surface area contributed by atoms with Crippen molar-refractivity contribution in [2.45, 2.75) is 59.9 Å². The molecule has 7 nitrogen and oxygen atoms in total. The number of urea groups is 1. The molecule has 9 N–H and O–H groups in total. The van der Waals surface area contributed by atoms with E-state index >= 15 is 0 Å². The van der Waals surface area contributed by atoms with Gasteiger partial charge in [-0.05, 0) is 41.5 Å². The highest BCUT2D eigenvalue weighted by Crippen LogP contribution is 1.65. The standard InChI is InChI=1S/3C3H8O.CH4N2O.H2O/c3*1-3(2)4;2-1(3)4;/h3*3-4H,1-2H3;(H4,2,3,4);1H2. The number of primary amides is 2. The van der Waals surface area contributed by atoms with E-state index in [0.717, 1.165) is 0 Å². The van der Waals surface area contributed by atoms with E-state index in [0.29, 0.717) is 0 Å². The fourth-order valence-electron chi connectivity index (χ4n) is 0. The molecule has 0 saturated heterocycles. The van der Waals surface area contributed by atoms with Crippen molar-refractivity contribution in [1.29, 1.82) is 0 Å². The molecule has 0 radical (unpaired) electrons. The van der Waals surface area contributed by atoms with E-state index in [-0.39, 0.29) is 23.8 Å². The molecule has 17 heavy (non-hydrogen) atoms. The van der Waals surface area contributed by atoms with Gasteiger partial charge in [0.25, 0.3) is 0 Å². The van der Waals surface area contributed by atoms with Crippen LogP contribution in [-0.4, -0.2) is 45.1 Å². The summed E-state index contributed by atoms with van der Waals surface area (Å²) in [5, 5.41) is 24.2. The van der Waals surface area contributed by atoms with Gasteiger partial charge in [-0.2, -0.15) is 0 Å².